The SMILES string of the molecule is COc1ccc(CO[C@@H]2[C@@H]3OC[C@@]2(COC(C)=O)O[C@H]3OC)cc1. The number of hydrogen-bond donors (Lipinski definition) is 0. The van der Waals surface area contributed by atoms with Crippen molar-refractivity contribution >= 4 is 5.97 Å². The average molecular weight is 338 g/mol. The normalized spacial score (nSPS) is 31.2. The van der Waals surface area contributed by atoms with E-state index in [9.17, 15) is 4.79 Å². The highest BCUT2D eigenvalue weighted by atomic mass is 16.8. The molecule has 7 nitrogen and oxygen atoms in total. The van der Waals surface area contributed by atoms with Crippen molar-refractivity contribution in [2.24, 2.45) is 0 Å². The fourth-order valence-corrected chi connectivity index (χ4v) is 3.05. The Morgan fingerprint density at radius 1 is 1.29 bits per heavy atom. The van der Waals surface area contributed by atoms with Crippen LogP contribution in [0.15, 0.2) is 24.3 Å². The lowest BCUT2D eigenvalue weighted by molar-refractivity contribution is -0.244. The molecule has 4 atom stereocenters. The van der Waals surface area contributed by atoms with Gasteiger partial charge in [0.25, 0.3) is 0 Å². The van der Waals surface area contributed by atoms with Crippen LogP contribution in [0.25, 0.3) is 0 Å². The maximum atomic E-state index is 11.2. The van der Waals surface area contributed by atoms with Gasteiger partial charge in [0.1, 0.15) is 24.6 Å². The molecule has 2 bridgehead atoms. The van der Waals surface area contributed by atoms with Gasteiger partial charge in [-0.25, -0.2) is 0 Å². The standard InChI is InChI=1S/C17H22O7/c1-11(18)22-9-17-10-23-14(16(20-3)24-17)15(17)21-8-12-4-6-13(19-2)7-5-12/h4-7,14-16H,8-10H2,1-3H3/t14-,15+,16+,17+/m0/s1. The Bertz CT molecular complexity index is 573. The largest absolute Gasteiger partial charge is 0.497 e. The molecule has 2 aliphatic heterocycles. The Kier molecular flexibility index (Phi) is 5.05. The lowest BCUT2D eigenvalue weighted by Gasteiger charge is -2.30. The van der Waals surface area contributed by atoms with Gasteiger partial charge in [-0.2, -0.15) is 0 Å². The summed E-state index contributed by atoms with van der Waals surface area (Å²) < 4.78 is 33.3. The minimum atomic E-state index is -0.830. The van der Waals surface area contributed by atoms with Crippen LogP contribution in [0.3, 0.4) is 0 Å². The van der Waals surface area contributed by atoms with Gasteiger partial charge in [-0.05, 0) is 17.7 Å². The quantitative estimate of drug-likeness (QED) is 0.694. The zero-order chi connectivity index (χ0) is 17.2. The first-order chi connectivity index (χ1) is 11.6. The topological polar surface area (TPSA) is 72.5 Å². The summed E-state index contributed by atoms with van der Waals surface area (Å²) in [4.78, 5) is 11.2. The van der Waals surface area contributed by atoms with E-state index in [1.165, 1.54) is 6.92 Å². The maximum absolute atomic E-state index is 11.2. The van der Waals surface area contributed by atoms with Gasteiger partial charge in [0, 0.05) is 14.0 Å². The van der Waals surface area contributed by atoms with Crippen molar-refractivity contribution in [2.75, 3.05) is 27.4 Å². The van der Waals surface area contributed by atoms with E-state index in [2.05, 4.69) is 0 Å². The van der Waals surface area contributed by atoms with E-state index in [0.29, 0.717) is 13.2 Å². The summed E-state index contributed by atoms with van der Waals surface area (Å²) in [5, 5.41) is 0. The molecule has 1 aromatic carbocycles. The van der Waals surface area contributed by atoms with Crippen molar-refractivity contribution in [1.82, 2.24) is 0 Å². The zero-order valence-corrected chi connectivity index (χ0v) is 14.0. The molecule has 0 spiro atoms. The van der Waals surface area contributed by atoms with Gasteiger partial charge in [0.15, 0.2) is 11.9 Å². The van der Waals surface area contributed by atoms with Crippen LogP contribution in [0, 0.1) is 0 Å². The molecule has 0 amide bonds. The molecule has 0 unspecified atom stereocenters. The van der Waals surface area contributed by atoms with E-state index >= 15 is 0 Å². The Hall–Kier alpha value is -1.67. The van der Waals surface area contributed by atoms with E-state index in [1.54, 1.807) is 14.2 Å². The van der Waals surface area contributed by atoms with Crippen molar-refractivity contribution in [3.8, 4) is 5.75 Å². The number of esters is 1. The number of rotatable bonds is 7. The molecule has 0 N–H and O–H groups in total. The number of ether oxygens (including phenoxy) is 6. The zero-order valence-electron chi connectivity index (χ0n) is 14.0. The fraction of sp³-hybridized carbons (Fsp3) is 0.588. The van der Waals surface area contributed by atoms with Crippen molar-refractivity contribution in [2.45, 2.75) is 37.6 Å². The Balaban J connectivity index is 1.68. The molecule has 3 rings (SSSR count). The van der Waals surface area contributed by atoms with Crippen molar-refractivity contribution in [3.05, 3.63) is 29.8 Å². The third kappa shape index (κ3) is 3.25. The van der Waals surface area contributed by atoms with Gasteiger partial charge >= 0.3 is 5.97 Å². The number of hydrogen-bond acceptors (Lipinski definition) is 7. The lowest BCUT2D eigenvalue weighted by atomic mass is 10.00. The van der Waals surface area contributed by atoms with E-state index in [1.807, 2.05) is 24.3 Å². The first-order valence-corrected chi connectivity index (χ1v) is 7.78. The summed E-state index contributed by atoms with van der Waals surface area (Å²) in [7, 11) is 3.18. The summed E-state index contributed by atoms with van der Waals surface area (Å²) in [5.74, 6) is 0.420. The Labute approximate surface area is 140 Å². The van der Waals surface area contributed by atoms with E-state index < -0.39 is 11.9 Å². The minimum Gasteiger partial charge on any atom is -0.497 e. The third-order valence-electron chi connectivity index (χ3n) is 4.30. The van der Waals surface area contributed by atoms with Crippen LogP contribution < -0.4 is 4.74 Å². The molecular weight excluding hydrogens is 316 g/mol. The van der Waals surface area contributed by atoms with Gasteiger partial charge in [0.2, 0.25) is 0 Å². The third-order valence-corrected chi connectivity index (χ3v) is 4.30. The first-order valence-electron chi connectivity index (χ1n) is 7.78. The number of fused-ring (bicyclic) bond motifs is 2. The fourth-order valence-electron chi connectivity index (χ4n) is 3.05. The predicted molar refractivity (Wildman–Crippen MR) is 82.6 cm³/mol. The van der Waals surface area contributed by atoms with Crippen LogP contribution in [0.5, 0.6) is 5.75 Å². The highest BCUT2D eigenvalue weighted by molar-refractivity contribution is 5.66. The summed E-state index contributed by atoms with van der Waals surface area (Å²) >= 11 is 0. The summed E-state index contributed by atoms with van der Waals surface area (Å²) in [6.07, 6.45) is -1.25. The summed E-state index contributed by atoms with van der Waals surface area (Å²) in [6, 6.07) is 7.62. The van der Waals surface area contributed by atoms with Gasteiger partial charge in [-0.1, -0.05) is 12.1 Å². The van der Waals surface area contributed by atoms with E-state index in [-0.39, 0.29) is 24.8 Å². The molecule has 1 aromatic rings. The van der Waals surface area contributed by atoms with Crippen LogP contribution in [-0.4, -0.2) is 57.5 Å². The number of methoxy groups -OCH3 is 2. The molecule has 2 aliphatic rings. The van der Waals surface area contributed by atoms with Crippen molar-refractivity contribution in [3.63, 3.8) is 0 Å². The second-order valence-electron chi connectivity index (χ2n) is 5.92. The number of carbonyl (C=O) groups excluding carboxylic acids is 1. The molecule has 24 heavy (non-hydrogen) atoms. The minimum absolute atomic E-state index is 0.0754. The number of carbonyl (C=O) groups is 1. The van der Waals surface area contributed by atoms with Gasteiger partial charge in [-0.15, -0.1) is 0 Å². The van der Waals surface area contributed by atoms with Crippen molar-refractivity contribution in [1.29, 1.82) is 0 Å². The summed E-state index contributed by atoms with van der Waals surface area (Å²) in [5.41, 5.74) is 0.169. The van der Waals surface area contributed by atoms with Crippen LogP contribution in [0.1, 0.15) is 12.5 Å². The first kappa shape index (κ1) is 17.2. The molecule has 7 heteroatoms. The van der Waals surface area contributed by atoms with Crippen LogP contribution in [-0.2, 0) is 35.1 Å². The highest BCUT2D eigenvalue weighted by Gasteiger charge is 2.63. The number of benzene rings is 1. The second kappa shape index (κ2) is 7.06. The molecule has 0 radical (unpaired) electrons. The van der Waals surface area contributed by atoms with E-state index in [0.717, 1.165) is 11.3 Å². The maximum Gasteiger partial charge on any atom is 0.302 e. The molecular formula is C17H22O7. The molecule has 0 saturated carbocycles. The lowest BCUT2D eigenvalue weighted by Crippen LogP contribution is -2.46. The molecule has 2 fully saturated rings. The molecule has 0 aliphatic carbocycles. The summed E-state index contributed by atoms with van der Waals surface area (Å²) in [6.45, 7) is 2.13. The highest BCUT2D eigenvalue weighted by Crippen LogP contribution is 2.42. The second-order valence-corrected chi connectivity index (χ2v) is 5.92. The Morgan fingerprint density at radius 2 is 2.04 bits per heavy atom. The smallest absolute Gasteiger partial charge is 0.302 e. The Morgan fingerprint density at radius 3 is 2.67 bits per heavy atom. The monoisotopic (exact) mass is 338 g/mol. The van der Waals surface area contributed by atoms with Crippen LogP contribution in [0.4, 0.5) is 0 Å². The van der Waals surface area contributed by atoms with Crippen LogP contribution >= 0.6 is 0 Å². The predicted octanol–water partition coefficient (Wildman–Crippen LogP) is 1.28. The van der Waals surface area contributed by atoms with Gasteiger partial charge in [0.05, 0.1) is 20.3 Å². The van der Waals surface area contributed by atoms with Gasteiger partial charge < -0.3 is 28.4 Å². The van der Waals surface area contributed by atoms with Crippen molar-refractivity contribution < 1.29 is 33.2 Å². The van der Waals surface area contributed by atoms with E-state index in [4.69, 9.17) is 28.4 Å². The van der Waals surface area contributed by atoms with Gasteiger partial charge in [-0.3, -0.25) is 4.79 Å². The molecule has 2 saturated heterocycles. The van der Waals surface area contributed by atoms with Crippen LogP contribution in [0.2, 0.25) is 0 Å². The molecule has 2 heterocycles. The molecule has 132 valence electrons. The average Bonchev–Trinajstić information content (AvgIpc) is 3.10. The molecule has 0 aromatic heterocycles.